The Morgan fingerprint density at radius 3 is 2.71 bits per heavy atom. The van der Waals surface area contributed by atoms with Gasteiger partial charge in [-0.1, -0.05) is 42.5 Å². The van der Waals surface area contributed by atoms with Crippen molar-refractivity contribution in [1.82, 2.24) is 9.88 Å². The van der Waals surface area contributed by atoms with Gasteiger partial charge in [-0.15, -0.1) is 0 Å². The second-order valence-corrected chi connectivity index (χ2v) is 6.85. The van der Waals surface area contributed by atoms with Crippen molar-refractivity contribution < 1.29 is 0 Å². The van der Waals surface area contributed by atoms with Crippen LogP contribution in [0.1, 0.15) is 22.7 Å². The SMILES string of the molecule is Cc1ccc2cc(CN3C[C@@H](N)[C@H](c4ccccc4)C3)ccc2n1. The van der Waals surface area contributed by atoms with Gasteiger partial charge >= 0.3 is 0 Å². The van der Waals surface area contributed by atoms with E-state index in [2.05, 4.69) is 70.5 Å². The van der Waals surface area contributed by atoms with Gasteiger partial charge in [-0.3, -0.25) is 9.88 Å². The Hall–Kier alpha value is -2.23. The van der Waals surface area contributed by atoms with E-state index >= 15 is 0 Å². The lowest BCUT2D eigenvalue weighted by molar-refractivity contribution is 0.324. The summed E-state index contributed by atoms with van der Waals surface area (Å²) in [7, 11) is 0. The van der Waals surface area contributed by atoms with Gasteiger partial charge in [0.25, 0.3) is 0 Å². The number of nitrogens with zero attached hydrogens (tertiary/aromatic N) is 2. The molecular weight excluding hydrogens is 294 g/mol. The molecular formula is C21H23N3. The molecule has 122 valence electrons. The first-order chi connectivity index (χ1) is 11.7. The van der Waals surface area contributed by atoms with E-state index in [4.69, 9.17) is 5.73 Å². The lowest BCUT2D eigenvalue weighted by Crippen LogP contribution is -2.28. The smallest absolute Gasteiger partial charge is 0.0705 e. The fourth-order valence-electron chi connectivity index (χ4n) is 3.73. The summed E-state index contributed by atoms with van der Waals surface area (Å²) in [5, 5.41) is 1.21. The average molecular weight is 317 g/mol. The number of aryl methyl sites for hydroxylation is 1. The molecule has 0 bridgehead atoms. The van der Waals surface area contributed by atoms with Crippen LogP contribution in [0.4, 0.5) is 0 Å². The monoisotopic (exact) mass is 317 g/mol. The number of nitrogens with two attached hydrogens (primary N) is 1. The Kier molecular flexibility index (Phi) is 4.05. The van der Waals surface area contributed by atoms with E-state index in [1.165, 1.54) is 16.5 Å². The number of pyridine rings is 1. The largest absolute Gasteiger partial charge is 0.326 e. The zero-order valence-corrected chi connectivity index (χ0v) is 14.0. The van der Waals surface area contributed by atoms with Crippen LogP contribution in [0.25, 0.3) is 10.9 Å². The van der Waals surface area contributed by atoms with Gasteiger partial charge < -0.3 is 5.73 Å². The van der Waals surface area contributed by atoms with Crippen LogP contribution in [0, 0.1) is 6.92 Å². The van der Waals surface area contributed by atoms with E-state index in [1.54, 1.807) is 0 Å². The maximum absolute atomic E-state index is 6.41. The van der Waals surface area contributed by atoms with E-state index < -0.39 is 0 Å². The third kappa shape index (κ3) is 3.05. The van der Waals surface area contributed by atoms with Crippen molar-refractivity contribution in [3.8, 4) is 0 Å². The molecule has 2 N–H and O–H groups in total. The zero-order valence-electron chi connectivity index (χ0n) is 14.0. The topological polar surface area (TPSA) is 42.1 Å². The predicted molar refractivity (Wildman–Crippen MR) is 98.9 cm³/mol. The van der Waals surface area contributed by atoms with Crippen LogP contribution in [0.15, 0.2) is 60.7 Å². The van der Waals surface area contributed by atoms with Crippen LogP contribution in [0.3, 0.4) is 0 Å². The van der Waals surface area contributed by atoms with E-state index in [-0.39, 0.29) is 6.04 Å². The molecule has 0 amide bonds. The number of hydrogen-bond acceptors (Lipinski definition) is 3. The zero-order chi connectivity index (χ0) is 16.5. The van der Waals surface area contributed by atoms with Crippen molar-refractivity contribution in [2.45, 2.75) is 25.4 Å². The lowest BCUT2D eigenvalue weighted by Gasteiger charge is -2.16. The minimum absolute atomic E-state index is 0.206. The molecule has 3 nitrogen and oxygen atoms in total. The van der Waals surface area contributed by atoms with E-state index in [0.29, 0.717) is 5.92 Å². The summed E-state index contributed by atoms with van der Waals surface area (Å²) in [6, 6.07) is 21.7. The Balaban J connectivity index is 1.51. The molecule has 0 spiro atoms. The predicted octanol–water partition coefficient (Wildman–Crippen LogP) is 3.47. The second kappa shape index (κ2) is 6.34. The van der Waals surface area contributed by atoms with Crippen LogP contribution in [0.2, 0.25) is 0 Å². The van der Waals surface area contributed by atoms with Crippen LogP contribution in [-0.4, -0.2) is 29.0 Å². The van der Waals surface area contributed by atoms with Gasteiger partial charge in [-0.25, -0.2) is 0 Å². The molecule has 2 aromatic carbocycles. The number of aromatic nitrogens is 1. The van der Waals surface area contributed by atoms with E-state index in [0.717, 1.165) is 30.8 Å². The Labute approximate surface area is 143 Å². The Morgan fingerprint density at radius 1 is 1.04 bits per heavy atom. The quantitative estimate of drug-likeness (QED) is 0.804. The molecule has 0 unspecified atom stereocenters. The molecule has 1 aromatic heterocycles. The van der Waals surface area contributed by atoms with Gasteiger partial charge in [-0.05, 0) is 36.2 Å². The maximum Gasteiger partial charge on any atom is 0.0705 e. The molecule has 1 fully saturated rings. The normalized spacial score (nSPS) is 21.4. The molecule has 1 aliphatic rings. The Morgan fingerprint density at radius 2 is 1.88 bits per heavy atom. The number of hydrogen-bond donors (Lipinski definition) is 1. The summed E-state index contributed by atoms with van der Waals surface area (Å²) in [6.45, 7) is 4.95. The number of benzene rings is 2. The average Bonchev–Trinajstić information content (AvgIpc) is 2.96. The van der Waals surface area contributed by atoms with Crippen molar-refractivity contribution in [3.63, 3.8) is 0 Å². The van der Waals surface area contributed by atoms with Crippen molar-refractivity contribution >= 4 is 10.9 Å². The summed E-state index contributed by atoms with van der Waals surface area (Å²) in [5.74, 6) is 0.427. The van der Waals surface area contributed by atoms with Crippen molar-refractivity contribution in [2.24, 2.45) is 5.73 Å². The number of rotatable bonds is 3. The molecule has 2 heterocycles. The number of likely N-dealkylation sites (tertiary alicyclic amines) is 1. The Bertz CT molecular complexity index is 844. The third-order valence-corrected chi connectivity index (χ3v) is 4.97. The van der Waals surface area contributed by atoms with Crippen LogP contribution in [-0.2, 0) is 6.54 Å². The molecule has 3 heteroatoms. The first-order valence-corrected chi connectivity index (χ1v) is 8.58. The highest BCUT2D eigenvalue weighted by molar-refractivity contribution is 5.79. The van der Waals surface area contributed by atoms with Gasteiger partial charge in [0, 0.05) is 42.7 Å². The van der Waals surface area contributed by atoms with Gasteiger partial charge in [0.2, 0.25) is 0 Å². The van der Waals surface area contributed by atoms with Gasteiger partial charge in [0.1, 0.15) is 0 Å². The molecule has 1 saturated heterocycles. The third-order valence-electron chi connectivity index (χ3n) is 4.97. The first-order valence-electron chi connectivity index (χ1n) is 8.58. The molecule has 24 heavy (non-hydrogen) atoms. The van der Waals surface area contributed by atoms with Gasteiger partial charge in [0.15, 0.2) is 0 Å². The standard InChI is InChI=1S/C21H23N3/c1-15-7-9-18-11-16(8-10-21(18)23-15)12-24-13-19(20(22)14-24)17-5-3-2-4-6-17/h2-11,19-20H,12-14,22H2,1H3/t19-,20+/m0/s1. The molecule has 3 aromatic rings. The summed E-state index contributed by atoms with van der Waals surface area (Å²) in [4.78, 5) is 7.04. The summed E-state index contributed by atoms with van der Waals surface area (Å²) in [6.07, 6.45) is 0. The van der Waals surface area contributed by atoms with Gasteiger partial charge in [-0.2, -0.15) is 0 Å². The van der Waals surface area contributed by atoms with Crippen molar-refractivity contribution in [2.75, 3.05) is 13.1 Å². The highest BCUT2D eigenvalue weighted by Crippen LogP contribution is 2.27. The van der Waals surface area contributed by atoms with Crippen molar-refractivity contribution in [1.29, 1.82) is 0 Å². The fourth-order valence-corrected chi connectivity index (χ4v) is 3.73. The molecule has 4 rings (SSSR count). The lowest BCUT2D eigenvalue weighted by atomic mass is 9.95. The van der Waals surface area contributed by atoms with Gasteiger partial charge in [0.05, 0.1) is 5.52 Å². The maximum atomic E-state index is 6.41. The molecule has 0 aliphatic carbocycles. The highest BCUT2D eigenvalue weighted by Gasteiger charge is 2.30. The van der Waals surface area contributed by atoms with Crippen LogP contribution >= 0.6 is 0 Å². The second-order valence-electron chi connectivity index (χ2n) is 6.85. The molecule has 1 aliphatic heterocycles. The van der Waals surface area contributed by atoms with Crippen LogP contribution in [0.5, 0.6) is 0 Å². The molecule has 0 saturated carbocycles. The fraction of sp³-hybridized carbons (Fsp3) is 0.286. The highest BCUT2D eigenvalue weighted by atomic mass is 15.2. The van der Waals surface area contributed by atoms with E-state index in [9.17, 15) is 0 Å². The van der Waals surface area contributed by atoms with E-state index in [1.807, 2.05) is 6.92 Å². The van der Waals surface area contributed by atoms with Crippen molar-refractivity contribution in [3.05, 3.63) is 77.5 Å². The molecule has 2 atom stereocenters. The first kappa shape index (κ1) is 15.3. The van der Waals surface area contributed by atoms with Crippen LogP contribution < -0.4 is 5.73 Å². The minimum atomic E-state index is 0.206. The summed E-state index contributed by atoms with van der Waals surface area (Å²) < 4.78 is 0. The number of fused-ring (bicyclic) bond motifs is 1. The molecule has 0 radical (unpaired) electrons. The minimum Gasteiger partial charge on any atom is -0.326 e. The summed E-state index contributed by atoms with van der Waals surface area (Å²) >= 11 is 0. The summed E-state index contributed by atoms with van der Waals surface area (Å²) in [5.41, 5.74) is 11.2.